The zero-order valence-corrected chi connectivity index (χ0v) is 19.3. The van der Waals surface area contributed by atoms with Gasteiger partial charge in [-0.2, -0.15) is 0 Å². The number of thioether (sulfide) groups is 1. The van der Waals surface area contributed by atoms with Crippen molar-refractivity contribution in [1.29, 1.82) is 0 Å². The van der Waals surface area contributed by atoms with Crippen LogP contribution in [0.25, 0.3) is 0 Å². The van der Waals surface area contributed by atoms with Gasteiger partial charge < -0.3 is 30.7 Å². The van der Waals surface area contributed by atoms with E-state index in [1.165, 1.54) is 11.8 Å². The Morgan fingerprint density at radius 3 is 2.51 bits per heavy atom. The number of ether oxygens (including phenoxy) is 1. The number of aliphatic carboxylic acids is 2. The van der Waals surface area contributed by atoms with Gasteiger partial charge in [0.25, 0.3) is 5.91 Å². The summed E-state index contributed by atoms with van der Waals surface area (Å²) >= 11 is 1.23. The van der Waals surface area contributed by atoms with Crippen molar-refractivity contribution in [3.8, 4) is 0 Å². The van der Waals surface area contributed by atoms with Crippen LogP contribution in [0.3, 0.4) is 0 Å². The molecule has 35 heavy (non-hydrogen) atoms. The Bertz CT molecular complexity index is 1030. The molecular formula is C22H25N3O9S. The lowest BCUT2D eigenvalue weighted by molar-refractivity contribution is -0.150. The molecule has 0 spiro atoms. The zero-order valence-electron chi connectivity index (χ0n) is 18.5. The van der Waals surface area contributed by atoms with Crippen LogP contribution in [-0.2, 0) is 30.5 Å². The Morgan fingerprint density at radius 2 is 1.89 bits per heavy atom. The largest absolute Gasteiger partial charge is 0.480 e. The molecule has 1 saturated heterocycles. The molecule has 0 bridgehead atoms. The van der Waals surface area contributed by atoms with Gasteiger partial charge in [-0.15, -0.1) is 11.8 Å². The maximum atomic E-state index is 12.4. The SMILES string of the molecule is O=C(CCCC(NC(=O)OCc1ccccc1)C(=O)O)N[C@@H]1C(=O)N2C(C(=O)O)=C(CO)CS[C@@H]12. The maximum absolute atomic E-state index is 12.4. The first-order valence-electron chi connectivity index (χ1n) is 10.7. The van der Waals surface area contributed by atoms with Crippen LogP contribution in [0.5, 0.6) is 0 Å². The third kappa shape index (κ3) is 6.31. The van der Waals surface area contributed by atoms with E-state index in [2.05, 4.69) is 10.6 Å². The number of nitrogens with zero attached hydrogens (tertiary/aromatic N) is 1. The Hall–Kier alpha value is -3.58. The highest BCUT2D eigenvalue weighted by Crippen LogP contribution is 2.40. The summed E-state index contributed by atoms with van der Waals surface area (Å²) in [5.41, 5.74) is 0.706. The second-order valence-corrected chi connectivity index (χ2v) is 8.96. The Balaban J connectivity index is 1.44. The molecule has 0 radical (unpaired) electrons. The molecule has 0 aliphatic carbocycles. The van der Waals surface area contributed by atoms with Crippen molar-refractivity contribution < 1.29 is 44.0 Å². The van der Waals surface area contributed by atoms with Crippen LogP contribution in [-0.4, -0.2) is 79.9 Å². The van der Waals surface area contributed by atoms with Gasteiger partial charge in [-0.3, -0.25) is 14.5 Å². The average molecular weight is 508 g/mol. The minimum atomic E-state index is -1.33. The number of fused-ring (bicyclic) bond motifs is 1. The van der Waals surface area contributed by atoms with Crippen molar-refractivity contribution >= 4 is 41.6 Å². The fourth-order valence-corrected chi connectivity index (χ4v) is 5.02. The standard InChI is InChI=1S/C22H25N3O9S/c26-9-13-11-35-19-16(18(28)25(19)17(13)21(31)32)24-15(27)8-4-7-14(20(29)30)23-22(33)34-10-12-5-2-1-3-6-12/h1-3,5-6,14,16,19,26H,4,7-11H2,(H,23,33)(H,24,27)(H,29,30)(H,31,32)/t14?,16-,19+/m1/s1. The van der Waals surface area contributed by atoms with Gasteiger partial charge in [-0.25, -0.2) is 14.4 Å². The second-order valence-electron chi connectivity index (χ2n) is 7.86. The molecular weight excluding hydrogens is 482 g/mol. The molecule has 188 valence electrons. The van der Waals surface area contributed by atoms with E-state index in [1.807, 2.05) is 6.07 Å². The Morgan fingerprint density at radius 1 is 1.17 bits per heavy atom. The van der Waals surface area contributed by atoms with E-state index in [0.29, 0.717) is 0 Å². The summed E-state index contributed by atoms with van der Waals surface area (Å²) in [6.45, 7) is -0.508. The van der Waals surface area contributed by atoms with E-state index >= 15 is 0 Å². The summed E-state index contributed by atoms with van der Waals surface area (Å²) in [6.07, 6.45) is -0.934. The smallest absolute Gasteiger partial charge is 0.408 e. The number of rotatable bonds is 11. The van der Waals surface area contributed by atoms with Crippen molar-refractivity contribution in [1.82, 2.24) is 15.5 Å². The van der Waals surface area contributed by atoms with Gasteiger partial charge in [-0.1, -0.05) is 30.3 Å². The maximum Gasteiger partial charge on any atom is 0.408 e. The van der Waals surface area contributed by atoms with Gasteiger partial charge in [0.1, 0.15) is 29.8 Å². The molecule has 0 saturated carbocycles. The lowest BCUT2D eigenvalue weighted by Crippen LogP contribution is -2.70. The van der Waals surface area contributed by atoms with Crippen molar-refractivity contribution in [2.24, 2.45) is 0 Å². The molecule has 12 nitrogen and oxygen atoms in total. The monoisotopic (exact) mass is 507 g/mol. The molecule has 5 N–H and O–H groups in total. The summed E-state index contributed by atoms with van der Waals surface area (Å²) < 4.78 is 5.02. The second kappa shape index (κ2) is 11.7. The van der Waals surface area contributed by atoms with Crippen molar-refractivity contribution in [2.75, 3.05) is 12.4 Å². The van der Waals surface area contributed by atoms with Gasteiger partial charge in [-0.05, 0) is 24.0 Å². The molecule has 1 unspecified atom stereocenters. The predicted octanol–water partition coefficient (Wildman–Crippen LogP) is 0.267. The minimum Gasteiger partial charge on any atom is -0.480 e. The molecule has 13 heteroatoms. The summed E-state index contributed by atoms with van der Waals surface area (Å²) in [4.78, 5) is 60.7. The minimum absolute atomic E-state index is 0.0222. The first-order valence-corrected chi connectivity index (χ1v) is 11.8. The molecule has 1 fully saturated rings. The van der Waals surface area contributed by atoms with Crippen LogP contribution >= 0.6 is 11.8 Å². The molecule has 2 aliphatic heterocycles. The van der Waals surface area contributed by atoms with Gasteiger partial charge in [0.15, 0.2) is 0 Å². The lowest BCUT2D eigenvalue weighted by Gasteiger charge is -2.49. The molecule has 3 atom stereocenters. The molecule has 2 heterocycles. The molecule has 3 rings (SSSR count). The van der Waals surface area contributed by atoms with E-state index in [0.717, 1.165) is 10.5 Å². The highest BCUT2D eigenvalue weighted by Gasteiger charge is 2.54. The number of amides is 3. The zero-order chi connectivity index (χ0) is 25.5. The number of β-lactam (4-membered cyclic amide) rings is 1. The number of carbonyl (C=O) groups excluding carboxylic acids is 3. The van der Waals surface area contributed by atoms with Crippen LogP contribution in [0.4, 0.5) is 4.79 Å². The molecule has 1 aromatic rings. The number of aliphatic hydroxyl groups excluding tert-OH is 1. The number of hydrogen-bond acceptors (Lipinski definition) is 8. The lowest BCUT2D eigenvalue weighted by atomic mass is 10.0. The quantitative estimate of drug-likeness (QED) is 0.261. The van der Waals surface area contributed by atoms with Crippen LogP contribution in [0, 0.1) is 0 Å². The molecule has 0 aromatic heterocycles. The third-order valence-corrected chi connectivity index (χ3v) is 6.80. The molecule has 1 aromatic carbocycles. The van der Waals surface area contributed by atoms with Gasteiger partial charge in [0, 0.05) is 12.2 Å². The number of aliphatic hydroxyl groups is 1. The normalized spacial score (nSPS) is 19.8. The van der Waals surface area contributed by atoms with Crippen LogP contribution in [0.15, 0.2) is 41.6 Å². The number of nitrogens with one attached hydrogen (secondary N) is 2. The van der Waals surface area contributed by atoms with E-state index < -0.39 is 53.9 Å². The number of carboxylic acid groups (broad SMARTS) is 2. The number of carboxylic acids is 2. The number of benzene rings is 1. The molecule has 2 aliphatic rings. The first kappa shape index (κ1) is 26.0. The summed E-state index contributed by atoms with van der Waals surface area (Å²) in [5.74, 6) is -3.49. The first-order chi connectivity index (χ1) is 16.7. The molecule has 3 amide bonds. The topological polar surface area (TPSA) is 183 Å². The fourth-order valence-electron chi connectivity index (χ4n) is 3.68. The number of carbonyl (C=O) groups is 5. The van der Waals surface area contributed by atoms with Crippen molar-refractivity contribution in [2.45, 2.75) is 43.3 Å². The van der Waals surface area contributed by atoms with Crippen LogP contribution < -0.4 is 10.6 Å². The Kier molecular flexibility index (Phi) is 8.71. The van der Waals surface area contributed by atoms with Crippen molar-refractivity contribution in [3.63, 3.8) is 0 Å². The summed E-state index contributed by atoms with van der Waals surface area (Å²) in [6, 6.07) is 6.69. The Labute approximate surface area is 204 Å². The fraction of sp³-hybridized carbons (Fsp3) is 0.409. The van der Waals surface area contributed by atoms with E-state index in [1.54, 1.807) is 24.3 Å². The van der Waals surface area contributed by atoms with Gasteiger partial charge >= 0.3 is 18.0 Å². The van der Waals surface area contributed by atoms with Crippen LogP contribution in [0.2, 0.25) is 0 Å². The van der Waals surface area contributed by atoms with Gasteiger partial charge in [0.05, 0.1) is 6.61 Å². The van der Waals surface area contributed by atoms with Crippen molar-refractivity contribution in [3.05, 3.63) is 47.2 Å². The predicted molar refractivity (Wildman–Crippen MR) is 122 cm³/mol. The van der Waals surface area contributed by atoms with Gasteiger partial charge in [0.2, 0.25) is 5.91 Å². The third-order valence-electron chi connectivity index (χ3n) is 5.46. The van der Waals surface area contributed by atoms with Crippen LogP contribution in [0.1, 0.15) is 24.8 Å². The van der Waals surface area contributed by atoms with E-state index in [9.17, 15) is 39.3 Å². The summed E-state index contributed by atoms with van der Waals surface area (Å²) in [7, 11) is 0. The number of alkyl carbamates (subject to hydrolysis) is 1. The van der Waals surface area contributed by atoms with E-state index in [4.69, 9.17) is 4.74 Å². The van der Waals surface area contributed by atoms with E-state index in [-0.39, 0.29) is 42.9 Å². The highest BCUT2D eigenvalue weighted by atomic mass is 32.2. The number of hydrogen-bond donors (Lipinski definition) is 5. The highest BCUT2D eigenvalue weighted by molar-refractivity contribution is 8.00. The average Bonchev–Trinajstić information content (AvgIpc) is 2.84. The summed E-state index contributed by atoms with van der Waals surface area (Å²) in [5, 5.41) is 32.3.